The topological polar surface area (TPSA) is 86.8 Å². The molecular weight excluding hydrogens is 462 g/mol. The predicted octanol–water partition coefficient (Wildman–Crippen LogP) is 4.10. The van der Waals surface area contributed by atoms with Crippen LogP contribution in [0.3, 0.4) is 0 Å². The first-order valence-corrected chi connectivity index (χ1v) is 13.9. The quantitative estimate of drug-likeness (QED) is 0.502. The third-order valence-electron chi connectivity index (χ3n) is 6.28. The fourth-order valence-corrected chi connectivity index (χ4v) is 4.70. The van der Waals surface area contributed by atoms with Crippen LogP contribution in [0.2, 0.25) is 0 Å². The molecule has 1 N–H and O–H groups in total. The van der Waals surface area contributed by atoms with Crippen molar-refractivity contribution in [3.05, 3.63) is 64.7 Å². The molecule has 0 aliphatic rings. The minimum absolute atomic E-state index is 0.0319. The lowest BCUT2D eigenvalue weighted by Gasteiger charge is -2.33. The van der Waals surface area contributed by atoms with Crippen molar-refractivity contribution in [1.82, 2.24) is 10.2 Å². The zero-order chi connectivity index (χ0) is 26.3. The highest BCUT2D eigenvalue weighted by Gasteiger charge is 2.32. The van der Waals surface area contributed by atoms with E-state index in [1.54, 1.807) is 12.1 Å². The lowest BCUT2D eigenvalue weighted by atomic mass is 10.1. The fourth-order valence-electron chi connectivity index (χ4n) is 3.86. The maximum Gasteiger partial charge on any atom is 0.244 e. The average molecular weight is 502 g/mol. The maximum atomic E-state index is 13.7. The number of hydrogen-bond donors (Lipinski definition) is 1. The number of nitrogens with one attached hydrogen (secondary N) is 1. The molecular formula is C27H39N3O4S. The van der Waals surface area contributed by atoms with Crippen LogP contribution in [-0.2, 0) is 26.2 Å². The number of carbonyl (C=O) groups excluding carboxylic acids is 2. The van der Waals surface area contributed by atoms with Crippen LogP contribution in [-0.4, -0.2) is 50.0 Å². The number of carbonyl (C=O) groups is 2. The zero-order valence-corrected chi connectivity index (χ0v) is 22.8. The number of amides is 2. The molecule has 7 nitrogen and oxygen atoms in total. The molecule has 2 rings (SSSR count). The van der Waals surface area contributed by atoms with Gasteiger partial charge in [0.2, 0.25) is 21.8 Å². The Bertz CT molecular complexity index is 1150. The van der Waals surface area contributed by atoms with E-state index in [2.05, 4.69) is 5.32 Å². The molecule has 0 bridgehead atoms. The first-order chi connectivity index (χ1) is 16.4. The minimum atomic E-state index is -3.75. The molecule has 0 aliphatic carbocycles. The van der Waals surface area contributed by atoms with Gasteiger partial charge in [0.25, 0.3) is 0 Å². The van der Waals surface area contributed by atoms with Crippen LogP contribution in [0.4, 0.5) is 5.69 Å². The van der Waals surface area contributed by atoms with E-state index >= 15 is 0 Å². The normalized spacial score (nSPS) is 13.1. The monoisotopic (exact) mass is 501 g/mol. The molecule has 0 spiro atoms. The number of aryl methyl sites for hydroxylation is 3. The van der Waals surface area contributed by atoms with Crippen molar-refractivity contribution in [2.24, 2.45) is 0 Å². The van der Waals surface area contributed by atoms with Gasteiger partial charge >= 0.3 is 0 Å². The summed E-state index contributed by atoms with van der Waals surface area (Å²) in [6, 6.07) is 12.3. The molecule has 8 heteroatoms. The van der Waals surface area contributed by atoms with Gasteiger partial charge in [0, 0.05) is 12.6 Å². The van der Waals surface area contributed by atoms with Gasteiger partial charge in [-0.2, -0.15) is 0 Å². The minimum Gasteiger partial charge on any atom is -0.352 e. The number of benzene rings is 2. The summed E-state index contributed by atoms with van der Waals surface area (Å²) in [4.78, 5) is 28.4. The number of sulfonamides is 1. The fraction of sp³-hybridized carbons (Fsp3) is 0.481. The van der Waals surface area contributed by atoms with Crippen LogP contribution < -0.4 is 9.62 Å². The van der Waals surface area contributed by atoms with Gasteiger partial charge in [-0.05, 0) is 69.4 Å². The Kier molecular flexibility index (Phi) is 9.89. The van der Waals surface area contributed by atoms with Crippen LogP contribution in [0.15, 0.2) is 42.5 Å². The molecule has 0 saturated heterocycles. The zero-order valence-electron chi connectivity index (χ0n) is 22.0. The van der Waals surface area contributed by atoms with Crippen molar-refractivity contribution in [2.45, 2.75) is 73.0 Å². The first kappa shape index (κ1) is 28.4. The second-order valence-electron chi connectivity index (χ2n) is 9.29. The highest BCUT2D eigenvalue weighted by Crippen LogP contribution is 2.22. The molecule has 0 saturated carbocycles. The highest BCUT2D eigenvalue weighted by molar-refractivity contribution is 7.92. The summed E-state index contributed by atoms with van der Waals surface area (Å²) in [6.45, 7) is 11.4. The van der Waals surface area contributed by atoms with E-state index in [0.717, 1.165) is 39.2 Å². The van der Waals surface area contributed by atoms with Gasteiger partial charge in [-0.25, -0.2) is 8.42 Å². The van der Waals surface area contributed by atoms with Gasteiger partial charge in [0.05, 0.1) is 11.9 Å². The van der Waals surface area contributed by atoms with Gasteiger partial charge in [0.1, 0.15) is 12.6 Å². The Morgan fingerprint density at radius 1 is 0.971 bits per heavy atom. The van der Waals surface area contributed by atoms with Crippen molar-refractivity contribution in [1.29, 1.82) is 0 Å². The van der Waals surface area contributed by atoms with Crippen molar-refractivity contribution in [2.75, 3.05) is 17.1 Å². The third kappa shape index (κ3) is 7.82. The van der Waals surface area contributed by atoms with Gasteiger partial charge in [-0.15, -0.1) is 0 Å². The summed E-state index contributed by atoms with van der Waals surface area (Å²) in [5.74, 6) is -0.666. The van der Waals surface area contributed by atoms with Crippen LogP contribution >= 0.6 is 0 Å². The lowest BCUT2D eigenvalue weighted by molar-refractivity contribution is -0.140. The van der Waals surface area contributed by atoms with Crippen LogP contribution in [0, 0.1) is 20.8 Å². The second-order valence-corrected chi connectivity index (χ2v) is 11.2. The standard InChI is InChI=1S/C27H39N3O4S/c1-8-22(6)28-27(32)25(9-2)29(17-23-12-10-11-19(3)15-23)26(31)18-30(35(7,33)34)24-14-13-20(4)21(5)16-24/h10-16,22,25H,8-9,17-18H2,1-7H3,(H,28,32)/t22-,25+/m0/s1. The van der Waals surface area contributed by atoms with Gasteiger partial charge in [0.15, 0.2) is 0 Å². The largest absolute Gasteiger partial charge is 0.352 e. The number of rotatable bonds is 11. The van der Waals surface area contributed by atoms with Crippen LogP contribution in [0.25, 0.3) is 0 Å². The Morgan fingerprint density at radius 3 is 2.20 bits per heavy atom. The molecule has 35 heavy (non-hydrogen) atoms. The first-order valence-electron chi connectivity index (χ1n) is 12.1. The summed E-state index contributed by atoms with van der Waals surface area (Å²) in [5.41, 5.74) is 4.31. The third-order valence-corrected chi connectivity index (χ3v) is 7.42. The molecule has 0 unspecified atom stereocenters. The Hall–Kier alpha value is -2.87. The molecule has 2 aromatic rings. The highest BCUT2D eigenvalue weighted by atomic mass is 32.2. The Balaban J connectivity index is 2.46. The lowest BCUT2D eigenvalue weighted by Crippen LogP contribution is -2.53. The van der Waals surface area contributed by atoms with E-state index in [1.165, 1.54) is 4.90 Å². The Labute approximate surface area is 210 Å². The smallest absolute Gasteiger partial charge is 0.244 e. The van der Waals surface area contributed by atoms with Crippen molar-refractivity contribution < 1.29 is 18.0 Å². The molecule has 2 aromatic carbocycles. The number of hydrogen-bond acceptors (Lipinski definition) is 4. The average Bonchev–Trinajstić information content (AvgIpc) is 2.78. The SMILES string of the molecule is CC[C@H](C(=O)N[C@@H](C)CC)N(Cc1cccc(C)c1)C(=O)CN(c1ccc(C)c(C)c1)S(C)(=O)=O. The molecule has 0 aliphatic heterocycles. The molecule has 2 amide bonds. The van der Waals surface area contributed by atoms with E-state index in [0.29, 0.717) is 12.1 Å². The molecule has 0 heterocycles. The van der Waals surface area contributed by atoms with Gasteiger partial charge in [-0.1, -0.05) is 49.7 Å². The van der Waals surface area contributed by atoms with Gasteiger partial charge < -0.3 is 10.2 Å². The summed E-state index contributed by atoms with van der Waals surface area (Å²) in [6.07, 6.45) is 2.26. The predicted molar refractivity (Wildman–Crippen MR) is 142 cm³/mol. The molecule has 0 fully saturated rings. The molecule has 192 valence electrons. The van der Waals surface area contributed by atoms with Crippen molar-refractivity contribution in [3.8, 4) is 0 Å². The molecule has 2 atom stereocenters. The summed E-state index contributed by atoms with van der Waals surface area (Å²) in [7, 11) is -3.75. The van der Waals surface area contributed by atoms with E-state index in [1.807, 2.05) is 71.9 Å². The van der Waals surface area contributed by atoms with E-state index in [4.69, 9.17) is 0 Å². The molecule has 0 aromatic heterocycles. The van der Waals surface area contributed by atoms with Crippen molar-refractivity contribution in [3.63, 3.8) is 0 Å². The maximum absolute atomic E-state index is 13.7. The van der Waals surface area contributed by atoms with Crippen LogP contribution in [0.5, 0.6) is 0 Å². The summed E-state index contributed by atoms with van der Waals surface area (Å²) in [5, 5.41) is 2.98. The number of nitrogens with zero attached hydrogens (tertiary/aromatic N) is 2. The second kappa shape index (κ2) is 12.2. The van der Waals surface area contributed by atoms with E-state index < -0.39 is 22.0 Å². The van der Waals surface area contributed by atoms with Gasteiger partial charge in [-0.3, -0.25) is 13.9 Å². The van der Waals surface area contributed by atoms with E-state index in [-0.39, 0.29) is 25.0 Å². The summed E-state index contributed by atoms with van der Waals surface area (Å²) < 4.78 is 26.6. The van der Waals surface area contributed by atoms with Crippen LogP contribution in [0.1, 0.15) is 55.9 Å². The molecule has 0 radical (unpaired) electrons. The number of anilines is 1. The Morgan fingerprint density at radius 2 is 1.66 bits per heavy atom. The van der Waals surface area contributed by atoms with E-state index in [9.17, 15) is 18.0 Å². The summed E-state index contributed by atoms with van der Waals surface area (Å²) >= 11 is 0. The van der Waals surface area contributed by atoms with Crippen molar-refractivity contribution >= 4 is 27.5 Å².